The van der Waals surface area contributed by atoms with E-state index in [4.69, 9.17) is 4.42 Å². The van der Waals surface area contributed by atoms with Gasteiger partial charge in [-0.25, -0.2) is 0 Å². The second kappa shape index (κ2) is 10.0. The summed E-state index contributed by atoms with van der Waals surface area (Å²) >= 11 is 3.73. The minimum atomic E-state index is 0.892. The van der Waals surface area contributed by atoms with E-state index in [1.54, 1.807) is 0 Å². The number of hydrogen-bond acceptors (Lipinski definition) is 4. The molecule has 4 heteroatoms. The van der Waals surface area contributed by atoms with Crippen molar-refractivity contribution in [3.8, 4) is 11.1 Å². The van der Waals surface area contributed by atoms with Gasteiger partial charge in [-0.3, -0.25) is 0 Å². The molecular weight excluding hydrogens is 599 g/mol. The summed E-state index contributed by atoms with van der Waals surface area (Å²) in [7, 11) is 0. The molecular formula is C42H25NOS2. The second-order valence-corrected chi connectivity index (χ2v) is 13.8. The first-order valence-corrected chi connectivity index (χ1v) is 17.1. The standard InChI is InChI=1S/C42H25NOS2/c1-2-11-26(12-3-1)28-15-8-17-33-34-18-10-20-36(42(34)46-41(28)33)43(27-23-24-31-30-14-5-7-22-38(30)45-39(31)25-27)35-19-9-16-32-29-13-4-6-21-37(29)44-40(32)35/h1-25H. The van der Waals surface area contributed by atoms with Crippen molar-refractivity contribution in [1.29, 1.82) is 0 Å². The van der Waals surface area contributed by atoms with Gasteiger partial charge in [-0.1, -0.05) is 115 Å². The number of thiophene rings is 2. The number of anilines is 3. The van der Waals surface area contributed by atoms with Crippen molar-refractivity contribution in [2.24, 2.45) is 0 Å². The molecule has 0 amide bonds. The summed E-state index contributed by atoms with van der Waals surface area (Å²) in [5.41, 5.74) is 7.58. The van der Waals surface area contributed by atoms with E-state index in [9.17, 15) is 0 Å². The van der Waals surface area contributed by atoms with Crippen LogP contribution in [0.4, 0.5) is 17.1 Å². The van der Waals surface area contributed by atoms with Crippen molar-refractivity contribution in [3.05, 3.63) is 152 Å². The third-order valence-corrected chi connectivity index (χ3v) is 11.5. The van der Waals surface area contributed by atoms with Crippen LogP contribution in [0.25, 0.3) is 73.4 Å². The first-order valence-electron chi connectivity index (χ1n) is 15.4. The molecule has 46 heavy (non-hydrogen) atoms. The lowest BCUT2D eigenvalue weighted by atomic mass is 10.0. The summed E-state index contributed by atoms with van der Waals surface area (Å²) in [6.07, 6.45) is 0. The Hall–Kier alpha value is -5.42. The molecule has 0 bridgehead atoms. The molecule has 0 aliphatic carbocycles. The number of benzene rings is 7. The van der Waals surface area contributed by atoms with E-state index in [2.05, 4.69) is 150 Å². The zero-order valence-corrected chi connectivity index (χ0v) is 26.2. The van der Waals surface area contributed by atoms with Crippen molar-refractivity contribution >= 4 is 102 Å². The predicted molar refractivity (Wildman–Crippen MR) is 200 cm³/mol. The molecule has 0 aliphatic heterocycles. The monoisotopic (exact) mass is 623 g/mol. The zero-order valence-electron chi connectivity index (χ0n) is 24.6. The zero-order chi connectivity index (χ0) is 30.2. The maximum atomic E-state index is 6.66. The van der Waals surface area contributed by atoms with E-state index in [1.807, 2.05) is 28.7 Å². The first-order chi connectivity index (χ1) is 22.8. The fourth-order valence-electron chi connectivity index (χ4n) is 7.00. The molecule has 0 aliphatic rings. The summed E-state index contributed by atoms with van der Waals surface area (Å²) in [6.45, 7) is 0. The van der Waals surface area contributed by atoms with E-state index in [-0.39, 0.29) is 0 Å². The van der Waals surface area contributed by atoms with Crippen LogP contribution in [0.1, 0.15) is 0 Å². The van der Waals surface area contributed by atoms with E-state index < -0.39 is 0 Å². The SMILES string of the molecule is c1ccc(-c2cccc3c2sc2c(N(c4ccc5c(c4)sc4ccccc45)c4cccc5c4oc4ccccc45)cccc23)cc1. The Morgan fingerprint density at radius 1 is 0.435 bits per heavy atom. The maximum absolute atomic E-state index is 6.66. The average molecular weight is 624 g/mol. The van der Waals surface area contributed by atoms with Crippen molar-refractivity contribution in [1.82, 2.24) is 0 Å². The quantitative estimate of drug-likeness (QED) is 0.194. The number of furan rings is 1. The van der Waals surface area contributed by atoms with Gasteiger partial charge < -0.3 is 9.32 Å². The molecule has 10 rings (SSSR count). The normalized spacial score (nSPS) is 11.9. The lowest BCUT2D eigenvalue weighted by Gasteiger charge is -2.26. The van der Waals surface area contributed by atoms with Crippen LogP contribution in [0.15, 0.2) is 156 Å². The molecule has 0 atom stereocenters. The van der Waals surface area contributed by atoms with Gasteiger partial charge in [0.05, 0.1) is 16.1 Å². The van der Waals surface area contributed by atoms with E-state index >= 15 is 0 Å². The number of para-hydroxylation sites is 2. The Balaban J connectivity index is 1.28. The number of rotatable bonds is 4. The first kappa shape index (κ1) is 25.9. The Morgan fingerprint density at radius 2 is 1.11 bits per heavy atom. The van der Waals surface area contributed by atoms with Crippen LogP contribution in [0, 0.1) is 0 Å². The summed E-state index contributed by atoms with van der Waals surface area (Å²) in [5.74, 6) is 0. The largest absolute Gasteiger partial charge is 0.454 e. The molecule has 216 valence electrons. The highest BCUT2D eigenvalue weighted by molar-refractivity contribution is 7.27. The topological polar surface area (TPSA) is 16.4 Å². The van der Waals surface area contributed by atoms with Crippen LogP contribution in [-0.4, -0.2) is 0 Å². The lowest BCUT2D eigenvalue weighted by molar-refractivity contribution is 0.669. The van der Waals surface area contributed by atoms with Gasteiger partial charge in [0, 0.05) is 52.1 Å². The van der Waals surface area contributed by atoms with Crippen molar-refractivity contribution in [2.45, 2.75) is 0 Å². The van der Waals surface area contributed by atoms with Gasteiger partial charge in [0.1, 0.15) is 5.58 Å². The highest BCUT2D eigenvalue weighted by atomic mass is 32.1. The summed E-state index contributed by atoms with van der Waals surface area (Å²) in [4.78, 5) is 2.41. The van der Waals surface area contributed by atoms with Crippen molar-refractivity contribution < 1.29 is 4.42 Å². The van der Waals surface area contributed by atoms with E-state index in [0.717, 1.165) is 39.0 Å². The molecule has 3 aromatic heterocycles. The number of hydrogen-bond donors (Lipinski definition) is 0. The Kier molecular flexibility index (Phi) is 5.65. The Bertz CT molecular complexity index is 2770. The van der Waals surface area contributed by atoms with Crippen LogP contribution in [0.3, 0.4) is 0 Å². The van der Waals surface area contributed by atoms with Gasteiger partial charge in [0.25, 0.3) is 0 Å². The van der Waals surface area contributed by atoms with Gasteiger partial charge in [-0.2, -0.15) is 0 Å². The number of fused-ring (bicyclic) bond motifs is 9. The van der Waals surface area contributed by atoms with Gasteiger partial charge in [0.2, 0.25) is 0 Å². The lowest BCUT2D eigenvalue weighted by Crippen LogP contribution is -2.10. The van der Waals surface area contributed by atoms with Crippen LogP contribution in [0.5, 0.6) is 0 Å². The minimum absolute atomic E-state index is 0.892. The molecule has 0 unspecified atom stereocenters. The fourth-order valence-corrected chi connectivity index (χ4v) is 9.48. The van der Waals surface area contributed by atoms with Crippen LogP contribution in [0.2, 0.25) is 0 Å². The highest BCUT2D eigenvalue weighted by Gasteiger charge is 2.23. The number of nitrogens with zero attached hydrogens (tertiary/aromatic N) is 1. The van der Waals surface area contributed by atoms with E-state index in [0.29, 0.717) is 0 Å². The molecule has 0 radical (unpaired) electrons. The average Bonchev–Trinajstić information content (AvgIpc) is 3.80. The van der Waals surface area contributed by atoms with Crippen LogP contribution in [-0.2, 0) is 0 Å². The maximum Gasteiger partial charge on any atom is 0.159 e. The highest BCUT2D eigenvalue weighted by Crippen LogP contribution is 2.49. The molecule has 3 heterocycles. The van der Waals surface area contributed by atoms with Crippen LogP contribution >= 0.6 is 22.7 Å². The van der Waals surface area contributed by atoms with Crippen molar-refractivity contribution in [3.63, 3.8) is 0 Å². The van der Waals surface area contributed by atoms with Gasteiger partial charge >= 0.3 is 0 Å². The third-order valence-electron chi connectivity index (χ3n) is 9.07. The summed E-state index contributed by atoms with van der Waals surface area (Å²) in [5, 5.41) is 7.40. The Labute approximate surface area is 273 Å². The smallest absolute Gasteiger partial charge is 0.159 e. The summed E-state index contributed by atoms with van der Waals surface area (Å²) < 4.78 is 11.8. The second-order valence-electron chi connectivity index (χ2n) is 11.7. The van der Waals surface area contributed by atoms with E-state index in [1.165, 1.54) is 51.5 Å². The van der Waals surface area contributed by atoms with Crippen molar-refractivity contribution in [2.75, 3.05) is 4.90 Å². The molecule has 0 fully saturated rings. The van der Waals surface area contributed by atoms with Gasteiger partial charge in [-0.15, -0.1) is 22.7 Å². The molecule has 0 N–H and O–H groups in total. The molecule has 2 nitrogen and oxygen atoms in total. The van der Waals surface area contributed by atoms with Gasteiger partial charge in [0.15, 0.2) is 5.58 Å². The molecule has 7 aromatic carbocycles. The Morgan fingerprint density at radius 3 is 2.00 bits per heavy atom. The third kappa shape index (κ3) is 3.81. The summed E-state index contributed by atoms with van der Waals surface area (Å²) in [6, 6.07) is 54.6. The molecule has 0 saturated carbocycles. The van der Waals surface area contributed by atoms with Gasteiger partial charge in [-0.05, 0) is 47.5 Å². The molecule has 10 aromatic rings. The molecule has 0 saturated heterocycles. The van der Waals surface area contributed by atoms with Crippen LogP contribution < -0.4 is 4.90 Å². The molecule has 0 spiro atoms. The minimum Gasteiger partial charge on any atom is -0.454 e. The predicted octanol–water partition coefficient (Wildman–Crippen LogP) is 13.5. The fraction of sp³-hybridized carbons (Fsp3) is 0.